The van der Waals surface area contributed by atoms with Gasteiger partial charge < -0.3 is 19.7 Å². The van der Waals surface area contributed by atoms with E-state index in [4.69, 9.17) is 14.6 Å². The molecule has 1 unspecified atom stereocenters. The van der Waals surface area contributed by atoms with Crippen LogP contribution in [0.3, 0.4) is 0 Å². The topological polar surface area (TPSA) is 88.9 Å². The van der Waals surface area contributed by atoms with Gasteiger partial charge in [0.15, 0.2) is 0 Å². The summed E-state index contributed by atoms with van der Waals surface area (Å²) in [5.74, 6) is -0.265. The third-order valence-corrected chi connectivity index (χ3v) is 5.12. The Hall–Kier alpha value is -3.45. The maximum atomic E-state index is 14.2. The molecule has 0 saturated carbocycles. The first-order valence-electron chi connectivity index (χ1n) is 9.44. The molecule has 1 aliphatic heterocycles. The molecule has 2 atom stereocenters. The van der Waals surface area contributed by atoms with E-state index in [2.05, 4.69) is 4.98 Å². The standard InChI is InChI=1S/C23H20FNO5/c1-29-16-5-6-18(24)17(10-16)15-4-7-19(25-12-15)22-9-14-3-2-13(8-21(14)30-22)20(26)11-23(27)28/h2-8,10,12,20,22,26H,9,11H2,1H3,(H,27,28)/t20-,22?/m1/s1. The second-order valence-electron chi connectivity index (χ2n) is 7.11. The van der Waals surface area contributed by atoms with Crippen molar-refractivity contribution in [2.75, 3.05) is 7.11 Å². The molecule has 1 aromatic heterocycles. The summed E-state index contributed by atoms with van der Waals surface area (Å²) in [6.45, 7) is 0. The minimum atomic E-state index is -1.09. The average molecular weight is 409 g/mol. The highest BCUT2D eigenvalue weighted by atomic mass is 19.1. The maximum absolute atomic E-state index is 14.2. The van der Waals surface area contributed by atoms with E-state index in [9.17, 15) is 14.3 Å². The summed E-state index contributed by atoms with van der Waals surface area (Å²) in [4.78, 5) is 15.3. The number of aliphatic hydroxyl groups is 1. The third-order valence-electron chi connectivity index (χ3n) is 5.12. The smallest absolute Gasteiger partial charge is 0.306 e. The number of aliphatic hydroxyl groups excluding tert-OH is 1. The van der Waals surface area contributed by atoms with Gasteiger partial charge in [-0.3, -0.25) is 9.78 Å². The van der Waals surface area contributed by atoms with Crippen molar-refractivity contribution in [3.63, 3.8) is 0 Å². The Morgan fingerprint density at radius 2 is 2.10 bits per heavy atom. The number of methoxy groups -OCH3 is 1. The second kappa shape index (κ2) is 8.12. The van der Waals surface area contributed by atoms with Crippen molar-refractivity contribution in [2.45, 2.75) is 25.0 Å². The van der Waals surface area contributed by atoms with Crippen LogP contribution in [0.15, 0.2) is 54.7 Å². The molecule has 2 N–H and O–H groups in total. The lowest BCUT2D eigenvalue weighted by molar-refractivity contribution is -0.139. The van der Waals surface area contributed by atoms with Gasteiger partial charge in [0.25, 0.3) is 0 Å². The molecule has 2 heterocycles. The number of aromatic nitrogens is 1. The molecule has 0 aliphatic carbocycles. The van der Waals surface area contributed by atoms with E-state index in [0.29, 0.717) is 40.3 Å². The first-order valence-corrected chi connectivity index (χ1v) is 9.44. The molecule has 0 radical (unpaired) electrons. The van der Waals surface area contributed by atoms with Gasteiger partial charge >= 0.3 is 5.97 Å². The molecular formula is C23H20FNO5. The van der Waals surface area contributed by atoms with Crippen LogP contribution in [0.1, 0.15) is 35.4 Å². The molecule has 30 heavy (non-hydrogen) atoms. The number of hydrogen-bond donors (Lipinski definition) is 2. The summed E-state index contributed by atoms with van der Waals surface area (Å²) in [5.41, 5.74) is 3.18. The number of carbonyl (C=O) groups is 1. The molecule has 6 nitrogen and oxygen atoms in total. The number of carboxylic acids is 1. The van der Waals surface area contributed by atoms with E-state index in [-0.39, 0.29) is 18.3 Å². The summed E-state index contributed by atoms with van der Waals surface area (Å²) in [6, 6.07) is 13.3. The van der Waals surface area contributed by atoms with Crippen LogP contribution in [0.4, 0.5) is 4.39 Å². The van der Waals surface area contributed by atoms with Crippen molar-refractivity contribution in [2.24, 2.45) is 0 Å². The Kier molecular flexibility index (Phi) is 5.37. The van der Waals surface area contributed by atoms with E-state index >= 15 is 0 Å². The van der Waals surface area contributed by atoms with Crippen molar-refractivity contribution in [3.05, 3.63) is 77.4 Å². The zero-order valence-corrected chi connectivity index (χ0v) is 16.2. The van der Waals surface area contributed by atoms with Gasteiger partial charge in [-0.1, -0.05) is 18.2 Å². The molecule has 0 saturated heterocycles. The van der Waals surface area contributed by atoms with Crippen LogP contribution in [0.25, 0.3) is 11.1 Å². The number of nitrogens with zero attached hydrogens (tertiary/aromatic N) is 1. The molecule has 0 bridgehead atoms. The van der Waals surface area contributed by atoms with E-state index in [0.717, 1.165) is 5.56 Å². The van der Waals surface area contributed by atoms with Crippen LogP contribution >= 0.6 is 0 Å². The fourth-order valence-electron chi connectivity index (χ4n) is 3.51. The van der Waals surface area contributed by atoms with E-state index in [1.54, 1.807) is 42.6 Å². The van der Waals surface area contributed by atoms with Gasteiger partial charge in [-0.05, 0) is 41.5 Å². The highest BCUT2D eigenvalue weighted by molar-refractivity contribution is 5.68. The quantitative estimate of drug-likeness (QED) is 0.638. The zero-order valence-electron chi connectivity index (χ0n) is 16.2. The Morgan fingerprint density at radius 1 is 1.27 bits per heavy atom. The van der Waals surface area contributed by atoms with Crippen LogP contribution in [0.2, 0.25) is 0 Å². The van der Waals surface area contributed by atoms with Gasteiger partial charge in [-0.15, -0.1) is 0 Å². The van der Waals surface area contributed by atoms with Gasteiger partial charge in [-0.2, -0.15) is 0 Å². The minimum absolute atomic E-state index is 0.309. The fourth-order valence-corrected chi connectivity index (χ4v) is 3.51. The Bertz CT molecular complexity index is 1080. The molecule has 154 valence electrons. The molecule has 1 aliphatic rings. The SMILES string of the molecule is COc1ccc(F)c(-c2ccc(C3Cc4ccc([C@H](O)CC(=O)O)cc4O3)nc2)c1. The normalized spacial score (nSPS) is 15.9. The Labute approximate surface area is 172 Å². The van der Waals surface area contributed by atoms with Crippen molar-refractivity contribution in [3.8, 4) is 22.6 Å². The predicted molar refractivity (Wildman–Crippen MR) is 107 cm³/mol. The van der Waals surface area contributed by atoms with Gasteiger partial charge in [0.2, 0.25) is 0 Å². The number of aliphatic carboxylic acids is 1. The lowest BCUT2D eigenvalue weighted by Crippen LogP contribution is -2.06. The average Bonchev–Trinajstić information content (AvgIpc) is 3.17. The van der Waals surface area contributed by atoms with Gasteiger partial charge in [0.05, 0.1) is 25.3 Å². The highest BCUT2D eigenvalue weighted by Gasteiger charge is 2.27. The van der Waals surface area contributed by atoms with Gasteiger partial charge in [0.1, 0.15) is 23.4 Å². The number of carboxylic acid groups (broad SMARTS) is 1. The number of hydrogen-bond acceptors (Lipinski definition) is 5. The van der Waals surface area contributed by atoms with Crippen LogP contribution in [0.5, 0.6) is 11.5 Å². The molecule has 4 rings (SSSR count). The number of fused-ring (bicyclic) bond motifs is 1. The Morgan fingerprint density at radius 3 is 2.80 bits per heavy atom. The van der Waals surface area contributed by atoms with Crippen molar-refractivity contribution < 1.29 is 28.9 Å². The van der Waals surface area contributed by atoms with E-state index < -0.39 is 12.1 Å². The van der Waals surface area contributed by atoms with Crippen molar-refractivity contribution in [1.82, 2.24) is 4.98 Å². The lowest BCUT2D eigenvalue weighted by Gasteiger charge is -2.12. The number of pyridine rings is 1. The molecule has 2 aromatic carbocycles. The third kappa shape index (κ3) is 3.97. The first kappa shape index (κ1) is 19.8. The lowest BCUT2D eigenvalue weighted by atomic mass is 10.0. The molecular weight excluding hydrogens is 389 g/mol. The molecule has 3 aromatic rings. The van der Waals surface area contributed by atoms with E-state index in [1.165, 1.54) is 13.2 Å². The summed E-state index contributed by atoms with van der Waals surface area (Å²) in [7, 11) is 1.53. The van der Waals surface area contributed by atoms with Crippen LogP contribution in [-0.4, -0.2) is 28.3 Å². The van der Waals surface area contributed by atoms with Crippen molar-refractivity contribution in [1.29, 1.82) is 0 Å². The molecule has 0 fully saturated rings. The van der Waals surface area contributed by atoms with Crippen molar-refractivity contribution >= 4 is 5.97 Å². The van der Waals surface area contributed by atoms with Gasteiger partial charge in [-0.25, -0.2) is 4.39 Å². The number of ether oxygens (including phenoxy) is 2. The Balaban J connectivity index is 1.52. The minimum Gasteiger partial charge on any atom is -0.497 e. The second-order valence-corrected chi connectivity index (χ2v) is 7.11. The van der Waals surface area contributed by atoms with Crippen LogP contribution in [-0.2, 0) is 11.2 Å². The first-order chi connectivity index (χ1) is 14.4. The molecule has 0 amide bonds. The maximum Gasteiger partial charge on any atom is 0.306 e. The summed E-state index contributed by atoms with van der Waals surface area (Å²) >= 11 is 0. The van der Waals surface area contributed by atoms with Crippen LogP contribution < -0.4 is 9.47 Å². The summed E-state index contributed by atoms with van der Waals surface area (Å²) in [6.07, 6.45) is 0.430. The predicted octanol–water partition coefficient (Wildman–Crippen LogP) is 4.08. The fraction of sp³-hybridized carbons (Fsp3) is 0.217. The monoisotopic (exact) mass is 409 g/mol. The molecule has 7 heteroatoms. The largest absolute Gasteiger partial charge is 0.497 e. The van der Waals surface area contributed by atoms with Gasteiger partial charge in [0, 0.05) is 23.7 Å². The highest BCUT2D eigenvalue weighted by Crippen LogP contribution is 2.38. The number of rotatable bonds is 6. The molecule has 0 spiro atoms. The van der Waals surface area contributed by atoms with E-state index in [1.807, 2.05) is 6.07 Å². The van der Waals surface area contributed by atoms with Crippen LogP contribution in [0, 0.1) is 5.82 Å². The number of benzene rings is 2. The zero-order chi connectivity index (χ0) is 21.3. The summed E-state index contributed by atoms with van der Waals surface area (Å²) < 4.78 is 25.3. The number of halogens is 1. The summed E-state index contributed by atoms with van der Waals surface area (Å²) in [5, 5.41) is 18.9.